The van der Waals surface area contributed by atoms with Crippen molar-refractivity contribution in [3.8, 4) is 0 Å². The van der Waals surface area contributed by atoms with E-state index in [-0.39, 0.29) is 0 Å². The Balaban J connectivity index is 1.69. The summed E-state index contributed by atoms with van der Waals surface area (Å²) in [6.07, 6.45) is 9.04. The Labute approximate surface area is 101 Å². The van der Waals surface area contributed by atoms with E-state index in [0.29, 0.717) is 6.04 Å². The van der Waals surface area contributed by atoms with Crippen molar-refractivity contribution in [2.24, 2.45) is 0 Å². The predicted molar refractivity (Wildman–Crippen MR) is 67.8 cm³/mol. The van der Waals surface area contributed by atoms with Crippen molar-refractivity contribution in [2.45, 2.75) is 43.8 Å². The van der Waals surface area contributed by atoms with Gasteiger partial charge in [0.2, 0.25) is 0 Å². The molecule has 1 aliphatic heterocycles. The van der Waals surface area contributed by atoms with Gasteiger partial charge in [-0.05, 0) is 38.3 Å². The fourth-order valence-electron chi connectivity index (χ4n) is 1.92. The lowest BCUT2D eigenvalue weighted by atomic mass is 10.0. The third kappa shape index (κ3) is 3.76. The third-order valence-corrected chi connectivity index (χ3v) is 3.78. The average Bonchev–Trinajstić information content (AvgIpc) is 2.33. The number of hydrogen-bond acceptors (Lipinski definition) is 4. The van der Waals surface area contributed by atoms with E-state index in [2.05, 4.69) is 15.3 Å². The van der Waals surface area contributed by atoms with Crippen LogP contribution in [0.5, 0.6) is 0 Å². The quantitative estimate of drug-likeness (QED) is 0.644. The molecule has 3 nitrogen and oxygen atoms in total. The van der Waals surface area contributed by atoms with Gasteiger partial charge in [0.1, 0.15) is 0 Å². The molecule has 1 atom stereocenters. The SMILES string of the molecule is Cc1cnc(SCCC2CCCCN2)nc1. The maximum Gasteiger partial charge on any atom is 0.187 e. The second-order valence-electron chi connectivity index (χ2n) is 4.33. The molecule has 1 unspecified atom stereocenters. The standard InChI is InChI=1S/C12H19N3S/c1-10-8-14-12(15-9-10)16-7-5-11-4-2-3-6-13-11/h8-9,11,13H,2-7H2,1H3. The van der Waals surface area contributed by atoms with Crippen LogP contribution in [0.2, 0.25) is 0 Å². The molecular formula is C12H19N3S. The van der Waals surface area contributed by atoms with E-state index in [1.54, 1.807) is 11.8 Å². The summed E-state index contributed by atoms with van der Waals surface area (Å²) >= 11 is 1.76. The Morgan fingerprint density at radius 2 is 2.19 bits per heavy atom. The number of thioether (sulfide) groups is 1. The van der Waals surface area contributed by atoms with Crippen LogP contribution in [0.25, 0.3) is 0 Å². The maximum atomic E-state index is 4.29. The Hall–Kier alpha value is -0.610. The summed E-state index contributed by atoms with van der Waals surface area (Å²) in [5.41, 5.74) is 1.12. The minimum absolute atomic E-state index is 0.715. The molecule has 1 aromatic rings. The first-order chi connectivity index (χ1) is 7.84. The zero-order valence-corrected chi connectivity index (χ0v) is 10.6. The zero-order chi connectivity index (χ0) is 11.2. The van der Waals surface area contributed by atoms with Crippen LogP contribution in [0.1, 0.15) is 31.2 Å². The molecule has 2 rings (SSSR count). The highest BCUT2D eigenvalue weighted by Gasteiger charge is 2.12. The molecule has 88 valence electrons. The first-order valence-corrected chi connectivity index (χ1v) is 6.98. The van der Waals surface area contributed by atoms with Gasteiger partial charge in [-0.1, -0.05) is 18.2 Å². The summed E-state index contributed by atoms with van der Waals surface area (Å²) < 4.78 is 0. The Morgan fingerprint density at radius 3 is 2.88 bits per heavy atom. The Bertz CT molecular complexity index is 307. The van der Waals surface area contributed by atoms with Crippen LogP contribution in [0.15, 0.2) is 17.6 Å². The van der Waals surface area contributed by atoms with E-state index in [1.807, 2.05) is 19.3 Å². The van der Waals surface area contributed by atoms with Crippen LogP contribution in [-0.4, -0.2) is 28.3 Å². The summed E-state index contributed by atoms with van der Waals surface area (Å²) in [6, 6.07) is 0.715. The van der Waals surface area contributed by atoms with E-state index in [0.717, 1.165) is 16.5 Å². The molecule has 4 heteroatoms. The molecule has 16 heavy (non-hydrogen) atoms. The van der Waals surface area contributed by atoms with Crippen molar-refractivity contribution in [1.82, 2.24) is 15.3 Å². The molecule has 0 amide bonds. The van der Waals surface area contributed by atoms with Crippen LogP contribution in [0.4, 0.5) is 0 Å². The second-order valence-corrected chi connectivity index (χ2v) is 5.39. The van der Waals surface area contributed by atoms with Gasteiger partial charge in [0.25, 0.3) is 0 Å². The van der Waals surface area contributed by atoms with E-state index in [1.165, 1.54) is 32.2 Å². The smallest absolute Gasteiger partial charge is 0.187 e. The fourth-order valence-corrected chi connectivity index (χ4v) is 2.76. The van der Waals surface area contributed by atoms with Crippen molar-refractivity contribution in [3.05, 3.63) is 18.0 Å². The molecule has 0 aromatic carbocycles. The number of hydrogen-bond donors (Lipinski definition) is 1. The van der Waals surface area contributed by atoms with Crippen molar-refractivity contribution < 1.29 is 0 Å². The third-order valence-electron chi connectivity index (χ3n) is 2.87. The molecule has 1 aliphatic rings. The van der Waals surface area contributed by atoms with E-state index < -0.39 is 0 Å². The number of piperidine rings is 1. The van der Waals surface area contributed by atoms with Gasteiger partial charge in [-0.15, -0.1) is 0 Å². The molecule has 0 spiro atoms. The fraction of sp³-hybridized carbons (Fsp3) is 0.667. The lowest BCUT2D eigenvalue weighted by molar-refractivity contribution is 0.394. The summed E-state index contributed by atoms with van der Waals surface area (Å²) in [4.78, 5) is 8.58. The molecule has 0 radical (unpaired) electrons. The van der Waals surface area contributed by atoms with Crippen LogP contribution in [-0.2, 0) is 0 Å². The second kappa shape index (κ2) is 6.21. The molecular weight excluding hydrogens is 218 g/mol. The molecule has 0 saturated carbocycles. The summed E-state index contributed by atoms with van der Waals surface area (Å²) in [6.45, 7) is 3.21. The molecule has 0 aliphatic carbocycles. The molecule has 2 heterocycles. The van der Waals surface area contributed by atoms with Crippen LogP contribution < -0.4 is 5.32 Å². The van der Waals surface area contributed by atoms with E-state index >= 15 is 0 Å². The topological polar surface area (TPSA) is 37.8 Å². The number of nitrogens with zero attached hydrogens (tertiary/aromatic N) is 2. The number of aryl methyl sites for hydroxylation is 1. The normalized spacial score (nSPS) is 20.9. The lowest BCUT2D eigenvalue weighted by Gasteiger charge is -2.22. The van der Waals surface area contributed by atoms with Gasteiger partial charge in [0.05, 0.1) is 0 Å². The minimum Gasteiger partial charge on any atom is -0.314 e. The molecule has 1 fully saturated rings. The van der Waals surface area contributed by atoms with Gasteiger partial charge in [-0.25, -0.2) is 9.97 Å². The molecule has 1 saturated heterocycles. The van der Waals surface area contributed by atoms with Crippen molar-refractivity contribution in [2.75, 3.05) is 12.3 Å². The Kier molecular flexibility index (Phi) is 4.60. The Morgan fingerprint density at radius 1 is 1.38 bits per heavy atom. The van der Waals surface area contributed by atoms with Gasteiger partial charge in [0, 0.05) is 24.2 Å². The van der Waals surface area contributed by atoms with Gasteiger partial charge in [-0.3, -0.25) is 0 Å². The highest BCUT2D eigenvalue weighted by atomic mass is 32.2. The zero-order valence-electron chi connectivity index (χ0n) is 9.78. The van der Waals surface area contributed by atoms with Crippen molar-refractivity contribution in [1.29, 1.82) is 0 Å². The highest BCUT2D eigenvalue weighted by Crippen LogP contribution is 2.17. The summed E-state index contributed by atoms with van der Waals surface area (Å²) in [7, 11) is 0. The van der Waals surface area contributed by atoms with Crippen LogP contribution in [0.3, 0.4) is 0 Å². The largest absolute Gasteiger partial charge is 0.314 e. The van der Waals surface area contributed by atoms with E-state index in [9.17, 15) is 0 Å². The monoisotopic (exact) mass is 237 g/mol. The van der Waals surface area contributed by atoms with Crippen molar-refractivity contribution in [3.63, 3.8) is 0 Å². The molecule has 0 bridgehead atoms. The first kappa shape index (κ1) is 11.9. The first-order valence-electron chi connectivity index (χ1n) is 5.99. The summed E-state index contributed by atoms with van der Waals surface area (Å²) in [5, 5.41) is 4.46. The van der Waals surface area contributed by atoms with Crippen molar-refractivity contribution >= 4 is 11.8 Å². The van der Waals surface area contributed by atoms with Crippen LogP contribution in [0, 0.1) is 6.92 Å². The van der Waals surface area contributed by atoms with Gasteiger partial charge in [0.15, 0.2) is 5.16 Å². The highest BCUT2D eigenvalue weighted by molar-refractivity contribution is 7.99. The van der Waals surface area contributed by atoms with Gasteiger partial charge < -0.3 is 5.32 Å². The van der Waals surface area contributed by atoms with Gasteiger partial charge in [-0.2, -0.15) is 0 Å². The lowest BCUT2D eigenvalue weighted by Crippen LogP contribution is -2.34. The van der Waals surface area contributed by atoms with E-state index in [4.69, 9.17) is 0 Å². The summed E-state index contributed by atoms with van der Waals surface area (Å²) in [5.74, 6) is 1.11. The minimum atomic E-state index is 0.715. The van der Waals surface area contributed by atoms with Gasteiger partial charge >= 0.3 is 0 Å². The average molecular weight is 237 g/mol. The molecule has 1 aromatic heterocycles. The molecule has 1 N–H and O–H groups in total. The number of nitrogens with one attached hydrogen (secondary N) is 1. The maximum absolute atomic E-state index is 4.29. The van der Waals surface area contributed by atoms with Crippen LogP contribution >= 0.6 is 11.8 Å². The predicted octanol–water partition coefficient (Wildman–Crippen LogP) is 2.41. The number of aromatic nitrogens is 2. The number of rotatable bonds is 4.